The number of hydrogen-bond acceptors (Lipinski definition) is 2. The molecule has 2 unspecified atom stereocenters. The number of hydrogen-bond donors (Lipinski definition) is 0. The van der Waals surface area contributed by atoms with E-state index in [1.807, 2.05) is 0 Å². The third kappa shape index (κ3) is 6.34. The van der Waals surface area contributed by atoms with Gasteiger partial charge in [0.1, 0.15) is 0 Å². The summed E-state index contributed by atoms with van der Waals surface area (Å²) in [5.74, 6) is 0.294. The van der Waals surface area contributed by atoms with E-state index in [4.69, 9.17) is 9.98 Å². The van der Waals surface area contributed by atoms with Crippen molar-refractivity contribution in [3.05, 3.63) is 277 Å². The molecule has 2 heterocycles. The lowest BCUT2D eigenvalue weighted by Crippen LogP contribution is -2.09. The molecule has 0 saturated carbocycles. The van der Waals surface area contributed by atoms with Gasteiger partial charge in [0.15, 0.2) is 0 Å². The number of aliphatic imine (C=N–C) groups is 2. The van der Waals surface area contributed by atoms with Crippen LogP contribution in [0.25, 0.3) is 99.0 Å². The van der Waals surface area contributed by atoms with Gasteiger partial charge in [-0.05, 0) is 111 Å². The van der Waals surface area contributed by atoms with Crippen LogP contribution in [0.2, 0.25) is 0 Å². The van der Waals surface area contributed by atoms with Crippen LogP contribution in [0.5, 0.6) is 0 Å². The minimum Gasteiger partial charge on any atom is -0.252 e. The Hall–Kier alpha value is -8.98. The van der Waals surface area contributed by atoms with E-state index in [1.54, 1.807) is 0 Å². The molecule has 10 aromatic rings. The molecule has 70 heavy (non-hydrogen) atoms. The molecule has 0 spiro atoms. The summed E-state index contributed by atoms with van der Waals surface area (Å²) in [4.78, 5) is 10.5. The van der Waals surface area contributed by atoms with Gasteiger partial charge in [-0.3, -0.25) is 9.98 Å². The summed E-state index contributed by atoms with van der Waals surface area (Å²) in [6, 6.07) is 75.9. The van der Waals surface area contributed by atoms with Crippen molar-refractivity contribution in [1.29, 1.82) is 0 Å². The first-order chi connectivity index (χ1) is 34.8. The Morgan fingerprint density at radius 3 is 0.857 bits per heavy atom. The lowest BCUT2D eigenvalue weighted by molar-refractivity contribution is 1.18. The number of allylic oxidation sites excluding steroid dienone is 10. The van der Waals surface area contributed by atoms with Gasteiger partial charge in [0.25, 0.3) is 0 Å². The topological polar surface area (TPSA) is 24.7 Å². The summed E-state index contributed by atoms with van der Waals surface area (Å²) in [6.07, 6.45) is 17.3. The molecule has 0 fully saturated rings. The molecule has 0 radical (unpaired) electrons. The van der Waals surface area contributed by atoms with Crippen LogP contribution in [0.15, 0.2) is 265 Å². The van der Waals surface area contributed by atoms with Gasteiger partial charge < -0.3 is 0 Å². The first-order valence-corrected chi connectivity index (χ1v) is 24.3. The van der Waals surface area contributed by atoms with Crippen LogP contribution in [0, 0.1) is 11.8 Å². The maximum atomic E-state index is 5.25. The largest absolute Gasteiger partial charge is 0.252 e. The van der Waals surface area contributed by atoms with E-state index in [0.29, 0.717) is 0 Å². The summed E-state index contributed by atoms with van der Waals surface area (Å²) < 4.78 is 0. The summed E-state index contributed by atoms with van der Waals surface area (Å²) in [7, 11) is 0. The van der Waals surface area contributed by atoms with Crippen molar-refractivity contribution < 1.29 is 0 Å². The van der Waals surface area contributed by atoms with Crippen molar-refractivity contribution in [2.45, 2.75) is 0 Å². The molecule has 4 aliphatic rings. The Kier molecular flexibility index (Phi) is 9.38. The molecular formula is C68H44N2. The summed E-state index contributed by atoms with van der Waals surface area (Å²) in [6.45, 7) is 0. The van der Waals surface area contributed by atoms with Gasteiger partial charge in [-0.25, -0.2) is 0 Å². The number of benzene rings is 10. The summed E-state index contributed by atoms with van der Waals surface area (Å²) in [5, 5.41) is 9.86. The zero-order valence-electron chi connectivity index (χ0n) is 38.3. The van der Waals surface area contributed by atoms with Gasteiger partial charge in [0.05, 0.1) is 22.8 Å². The highest BCUT2D eigenvalue weighted by Crippen LogP contribution is 2.51. The second-order valence-corrected chi connectivity index (χ2v) is 18.6. The van der Waals surface area contributed by atoms with Crippen molar-refractivity contribution in [3.63, 3.8) is 0 Å². The monoisotopic (exact) mass is 888 g/mol. The molecule has 14 rings (SSSR count). The van der Waals surface area contributed by atoms with E-state index in [9.17, 15) is 0 Å². The molecule has 326 valence electrons. The molecule has 10 aromatic carbocycles. The second-order valence-electron chi connectivity index (χ2n) is 18.6. The lowest BCUT2D eigenvalue weighted by Gasteiger charge is -2.22. The predicted molar refractivity (Wildman–Crippen MR) is 298 cm³/mol. The Balaban J connectivity index is 0.933. The van der Waals surface area contributed by atoms with E-state index in [2.05, 4.69) is 255 Å². The lowest BCUT2D eigenvalue weighted by atomic mass is 9.81. The van der Waals surface area contributed by atoms with Gasteiger partial charge in [0.2, 0.25) is 0 Å². The minimum atomic E-state index is 0.147. The maximum absolute atomic E-state index is 5.25. The summed E-state index contributed by atoms with van der Waals surface area (Å²) in [5.41, 5.74) is 18.8. The Morgan fingerprint density at radius 2 is 0.529 bits per heavy atom. The SMILES string of the molecule is C1=CC2=NC(c3ccc(-c4c5ccccc5c(-c5c6ccccc6c(-c6ccc(C7=C(c8ccccc8)C8C=CC=CC8=N7)cc6)c6ccccc56)c5ccccc45)cc3)=C(c3ccccc3)C2C=C1. The highest BCUT2D eigenvalue weighted by molar-refractivity contribution is 6.30. The smallest absolute Gasteiger partial charge is 0.0753 e. The van der Waals surface area contributed by atoms with Gasteiger partial charge in [-0.15, -0.1) is 0 Å². The third-order valence-electron chi connectivity index (χ3n) is 14.8. The molecule has 0 saturated heterocycles. The Bertz CT molecular complexity index is 3680. The van der Waals surface area contributed by atoms with Crippen LogP contribution >= 0.6 is 0 Å². The fourth-order valence-electron chi connectivity index (χ4n) is 11.8. The normalized spacial score (nSPS) is 17.0. The maximum Gasteiger partial charge on any atom is 0.0753 e. The number of nitrogens with zero attached hydrogens (tertiary/aromatic N) is 2. The third-order valence-corrected chi connectivity index (χ3v) is 14.8. The second kappa shape index (κ2) is 16.4. The van der Waals surface area contributed by atoms with Crippen LogP contribution in [0.4, 0.5) is 0 Å². The van der Waals surface area contributed by atoms with E-state index in [1.165, 1.54) is 98.7 Å². The molecule has 2 aliphatic carbocycles. The Labute approximate surface area is 407 Å². The van der Waals surface area contributed by atoms with Crippen molar-refractivity contribution in [2.75, 3.05) is 0 Å². The predicted octanol–water partition coefficient (Wildman–Crippen LogP) is 17.4. The van der Waals surface area contributed by atoms with Crippen LogP contribution < -0.4 is 0 Å². The van der Waals surface area contributed by atoms with Gasteiger partial charge in [-0.1, -0.05) is 243 Å². The molecule has 2 heteroatoms. The van der Waals surface area contributed by atoms with E-state index >= 15 is 0 Å². The molecule has 2 nitrogen and oxygen atoms in total. The van der Waals surface area contributed by atoms with Crippen molar-refractivity contribution in [3.8, 4) is 33.4 Å². The van der Waals surface area contributed by atoms with Crippen LogP contribution in [-0.4, -0.2) is 11.4 Å². The zero-order valence-corrected chi connectivity index (χ0v) is 38.3. The molecule has 0 aromatic heterocycles. The number of fused-ring (bicyclic) bond motifs is 6. The van der Waals surface area contributed by atoms with E-state index < -0.39 is 0 Å². The van der Waals surface area contributed by atoms with E-state index in [-0.39, 0.29) is 11.8 Å². The highest BCUT2D eigenvalue weighted by Gasteiger charge is 2.31. The van der Waals surface area contributed by atoms with Crippen molar-refractivity contribution in [2.24, 2.45) is 21.8 Å². The fraction of sp³-hybridized carbons (Fsp3) is 0.0294. The van der Waals surface area contributed by atoms with Gasteiger partial charge >= 0.3 is 0 Å². The minimum absolute atomic E-state index is 0.147. The van der Waals surface area contributed by atoms with Crippen LogP contribution in [0.3, 0.4) is 0 Å². The molecular weight excluding hydrogens is 845 g/mol. The van der Waals surface area contributed by atoms with Gasteiger partial charge in [0, 0.05) is 23.0 Å². The molecule has 0 N–H and O–H groups in total. The van der Waals surface area contributed by atoms with E-state index in [0.717, 1.165) is 33.9 Å². The number of rotatable bonds is 7. The van der Waals surface area contributed by atoms with Gasteiger partial charge in [-0.2, -0.15) is 0 Å². The highest BCUT2D eigenvalue weighted by atomic mass is 14.8. The van der Waals surface area contributed by atoms with Crippen molar-refractivity contribution in [1.82, 2.24) is 0 Å². The molecule has 0 amide bonds. The van der Waals surface area contributed by atoms with Crippen LogP contribution in [-0.2, 0) is 0 Å². The molecule has 0 bridgehead atoms. The molecule has 2 aliphatic heterocycles. The fourth-order valence-corrected chi connectivity index (χ4v) is 11.8. The Morgan fingerprint density at radius 1 is 0.243 bits per heavy atom. The molecule has 2 atom stereocenters. The average Bonchev–Trinajstić information content (AvgIpc) is 4.02. The summed E-state index contributed by atoms with van der Waals surface area (Å²) >= 11 is 0. The first kappa shape index (κ1) is 40.1. The first-order valence-electron chi connectivity index (χ1n) is 24.3. The quantitative estimate of drug-likeness (QED) is 0.142. The average molecular weight is 889 g/mol. The van der Waals surface area contributed by atoms with Crippen LogP contribution in [0.1, 0.15) is 22.3 Å². The zero-order chi connectivity index (χ0) is 46.1. The van der Waals surface area contributed by atoms with Crippen molar-refractivity contribution >= 4 is 77.1 Å². The standard InChI is InChI=1S/C68H44N2/c1-3-19-43(20-4-1)63-57-31-15-17-33-59(57)69-67(63)47-39-35-45(36-40-47)61-49-23-7-11-27-53(49)65(54-28-12-8-24-50(54)61)66-55-29-13-9-25-51(55)62(52-26-10-14-30-56(52)66)46-37-41-48(42-38-46)68-64(44-21-5-2-6-22-44)58-32-16-18-34-60(58)70-68/h1-42,57-58H.